The average Bonchev–Trinajstić information content (AvgIpc) is 3.07. The maximum absolute atomic E-state index is 12.4. The molecule has 0 aromatic carbocycles. The number of fused-ring (bicyclic) bond motifs is 2. The Hall–Kier alpha value is -2.54. The van der Waals surface area contributed by atoms with Crippen molar-refractivity contribution < 1.29 is 4.79 Å². The average molecular weight is 365 g/mol. The van der Waals surface area contributed by atoms with E-state index in [1.165, 1.54) is 11.3 Å². The summed E-state index contributed by atoms with van der Waals surface area (Å²) < 4.78 is 1.05. The number of carbonyl (C=O) groups is 1. The van der Waals surface area contributed by atoms with Crippen LogP contribution in [0.2, 0.25) is 0 Å². The first-order chi connectivity index (χ1) is 12.8. The van der Waals surface area contributed by atoms with Crippen molar-refractivity contribution >= 4 is 33.3 Å². The second kappa shape index (κ2) is 6.32. The highest BCUT2D eigenvalue weighted by molar-refractivity contribution is 7.20. The van der Waals surface area contributed by atoms with Gasteiger partial charge in [-0.3, -0.25) is 9.78 Å². The van der Waals surface area contributed by atoms with Crippen molar-refractivity contribution in [1.29, 1.82) is 0 Å². The molecule has 1 saturated carbocycles. The molecule has 3 atom stereocenters. The first kappa shape index (κ1) is 15.7. The van der Waals surface area contributed by atoms with Crippen molar-refractivity contribution in [3.8, 4) is 0 Å². The molecule has 1 saturated heterocycles. The van der Waals surface area contributed by atoms with Crippen LogP contribution in [0.4, 0.5) is 5.95 Å². The predicted molar refractivity (Wildman–Crippen MR) is 101 cm³/mol. The topological polar surface area (TPSA) is 71.0 Å². The fourth-order valence-electron chi connectivity index (χ4n) is 4.13. The second-order valence-corrected chi connectivity index (χ2v) is 8.10. The van der Waals surface area contributed by atoms with Gasteiger partial charge in [-0.1, -0.05) is 0 Å². The number of pyridine rings is 1. The van der Waals surface area contributed by atoms with Crippen molar-refractivity contribution in [3.63, 3.8) is 0 Å². The number of hydrogen-bond acceptors (Lipinski definition) is 6. The van der Waals surface area contributed by atoms with Crippen LogP contribution < -0.4 is 10.2 Å². The molecule has 1 unspecified atom stereocenters. The zero-order valence-electron chi connectivity index (χ0n) is 14.2. The Morgan fingerprint density at radius 3 is 2.81 bits per heavy atom. The number of piperidine rings is 1. The molecule has 7 heteroatoms. The molecule has 0 spiro atoms. The molecule has 6 nitrogen and oxygen atoms in total. The Morgan fingerprint density at radius 1 is 1.23 bits per heavy atom. The summed E-state index contributed by atoms with van der Waals surface area (Å²) in [7, 11) is 0. The SMILES string of the molecule is O=C(NCCC1[C@H]2CN(c3ncccn3)C[C@@H]12)c1cc2ccncc2s1. The molecule has 1 amide bonds. The maximum atomic E-state index is 12.4. The van der Waals surface area contributed by atoms with E-state index in [4.69, 9.17) is 0 Å². The number of nitrogens with zero attached hydrogens (tertiary/aromatic N) is 4. The molecule has 4 heterocycles. The van der Waals surface area contributed by atoms with Crippen LogP contribution in [0.5, 0.6) is 0 Å². The first-order valence-corrected chi connectivity index (χ1v) is 9.75. The number of aromatic nitrogens is 3. The highest BCUT2D eigenvalue weighted by Crippen LogP contribution is 2.53. The third kappa shape index (κ3) is 2.82. The number of carbonyl (C=O) groups excluding carboxylic acids is 1. The van der Waals surface area contributed by atoms with Crippen LogP contribution in [-0.4, -0.2) is 40.5 Å². The summed E-state index contributed by atoms with van der Waals surface area (Å²) in [5.74, 6) is 3.04. The van der Waals surface area contributed by atoms with E-state index in [1.54, 1.807) is 18.6 Å². The summed E-state index contributed by atoms with van der Waals surface area (Å²) in [6.07, 6.45) is 8.21. The van der Waals surface area contributed by atoms with Gasteiger partial charge in [-0.15, -0.1) is 11.3 Å². The number of rotatable bonds is 5. The van der Waals surface area contributed by atoms with E-state index in [0.717, 1.165) is 64.7 Å². The molecular formula is C19H19N5OS. The Morgan fingerprint density at radius 2 is 2.04 bits per heavy atom. The van der Waals surface area contributed by atoms with E-state index < -0.39 is 0 Å². The van der Waals surface area contributed by atoms with Gasteiger partial charge in [0.1, 0.15) is 0 Å². The van der Waals surface area contributed by atoms with Gasteiger partial charge in [0.15, 0.2) is 0 Å². The van der Waals surface area contributed by atoms with Gasteiger partial charge in [-0.25, -0.2) is 9.97 Å². The lowest BCUT2D eigenvalue weighted by atomic mass is 10.2. The molecule has 132 valence electrons. The van der Waals surface area contributed by atoms with Gasteiger partial charge in [0.05, 0.1) is 9.58 Å². The quantitative estimate of drug-likeness (QED) is 0.752. The monoisotopic (exact) mass is 365 g/mol. The molecule has 2 fully saturated rings. The van der Waals surface area contributed by atoms with E-state index in [0.29, 0.717) is 0 Å². The molecular weight excluding hydrogens is 346 g/mol. The molecule has 2 aliphatic rings. The van der Waals surface area contributed by atoms with Crippen LogP contribution in [-0.2, 0) is 0 Å². The zero-order chi connectivity index (χ0) is 17.5. The second-order valence-electron chi connectivity index (χ2n) is 7.01. The van der Waals surface area contributed by atoms with Crippen LogP contribution in [0.1, 0.15) is 16.1 Å². The van der Waals surface area contributed by atoms with Crippen LogP contribution in [0, 0.1) is 17.8 Å². The van der Waals surface area contributed by atoms with Gasteiger partial charge in [-0.05, 0) is 47.8 Å². The predicted octanol–water partition coefficient (Wildman–Crippen LogP) is 2.59. The van der Waals surface area contributed by atoms with Gasteiger partial charge in [0.2, 0.25) is 5.95 Å². The maximum Gasteiger partial charge on any atom is 0.261 e. The number of nitrogens with one attached hydrogen (secondary N) is 1. The van der Waals surface area contributed by atoms with Gasteiger partial charge >= 0.3 is 0 Å². The summed E-state index contributed by atoms with van der Waals surface area (Å²) in [5, 5.41) is 4.16. The molecule has 3 aromatic rings. The number of hydrogen-bond donors (Lipinski definition) is 1. The minimum Gasteiger partial charge on any atom is -0.351 e. The third-order valence-corrected chi connectivity index (χ3v) is 6.60. The van der Waals surface area contributed by atoms with E-state index in [2.05, 4.69) is 25.2 Å². The van der Waals surface area contributed by atoms with Gasteiger partial charge < -0.3 is 10.2 Å². The minimum atomic E-state index is 0.0244. The van der Waals surface area contributed by atoms with Gasteiger partial charge in [-0.2, -0.15) is 0 Å². The standard InChI is InChI=1S/C19H19N5OS/c25-18(16-8-12-2-6-20-9-17(12)26-16)21-7-3-13-14-10-24(11-15(13)14)19-22-4-1-5-23-19/h1-2,4-6,8-9,13-15H,3,7,10-11H2,(H,21,25)/t13?,14-,15+. The normalized spacial score (nSPS) is 23.8. The first-order valence-electron chi connectivity index (χ1n) is 8.93. The Bertz CT molecular complexity index is 898. The van der Waals surface area contributed by atoms with Crippen molar-refractivity contribution in [3.05, 3.63) is 47.9 Å². The fourth-order valence-corrected chi connectivity index (χ4v) is 5.08. The largest absolute Gasteiger partial charge is 0.351 e. The lowest BCUT2D eigenvalue weighted by Gasteiger charge is -2.19. The number of amides is 1. The Kier molecular flexibility index (Phi) is 3.81. The summed E-state index contributed by atoms with van der Waals surface area (Å²) in [6.45, 7) is 2.82. The lowest BCUT2D eigenvalue weighted by Crippen LogP contribution is -2.28. The molecule has 0 radical (unpaired) electrons. The molecule has 1 aliphatic heterocycles. The van der Waals surface area contributed by atoms with E-state index in [1.807, 2.05) is 24.4 Å². The van der Waals surface area contributed by atoms with E-state index in [9.17, 15) is 4.79 Å². The summed E-state index contributed by atoms with van der Waals surface area (Å²) in [4.78, 5) is 28.2. The van der Waals surface area contributed by atoms with Gasteiger partial charge in [0.25, 0.3) is 5.91 Å². The smallest absolute Gasteiger partial charge is 0.261 e. The summed E-state index contributed by atoms with van der Waals surface area (Å²) in [6, 6.07) is 5.73. The van der Waals surface area contributed by atoms with Crippen LogP contribution in [0.15, 0.2) is 43.0 Å². The molecule has 26 heavy (non-hydrogen) atoms. The molecule has 1 N–H and O–H groups in total. The Balaban J connectivity index is 1.11. The van der Waals surface area contributed by atoms with Crippen molar-refractivity contribution in [2.75, 3.05) is 24.5 Å². The molecule has 1 aliphatic carbocycles. The Labute approximate surface area is 155 Å². The molecule has 5 rings (SSSR count). The number of thiophene rings is 1. The van der Waals surface area contributed by atoms with E-state index in [-0.39, 0.29) is 5.91 Å². The lowest BCUT2D eigenvalue weighted by molar-refractivity contribution is 0.0956. The van der Waals surface area contributed by atoms with Crippen LogP contribution >= 0.6 is 11.3 Å². The van der Waals surface area contributed by atoms with Crippen molar-refractivity contribution in [2.45, 2.75) is 6.42 Å². The number of anilines is 1. The summed E-state index contributed by atoms with van der Waals surface area (Å²) in [5.41, 5.74) is 0. The van der Waals surface area contributed by atoms with E-state index >= 15 is 0 Å². The fraction of sp³-hybridized carbons (Fsp3) is 0.368. The summed E-state index contributed by atoms with van der Waals surface area (Å²) >= 11 is 1.50. The van der Waals surface area contributed by atoms with Crippen LogP contribution in [0.3, 0.4) is 0 Å². The van der Waals surface area contributed by atoms with Crippen molar-refractivity contribution in [2.24, 2.45) is 17.8 Å². The third-order valence-electron chi connectivity index (χ3n) is 5.52. The molecule has 0 bridgehead atoms. The highest BCUT2D eigenvalue weighted by atomic mass is 32.1. The zero-order valence-corrected chi connectivity index (χ0v) is 15.0. The molecule has 3 aromatic heterocycles. The van der Waals surface area contributed by atoms with Crippen LogP contribution in [0.25, 0.3) is 10.1 Å². The highest BCUT2D eigenvalue weighted by Gasteiger charge is 2.55. The van der Waals surface area contributed by atoms with Crippen molar-refractivity contribution in [1.82, 2.24) is 20.3 Å². The minimum absolute atomic E-state index is 0.0244. The van der Waals surface area contributed by atoms with Gasteiger partial charge in [0, 0.05) is 44.4 Å².